The Bertz CT molecular complexity index is 483. The van der Waals surface area contributed by atoms with Crippen LogP contribution in [0.4, 0.5) is 0 Å². The Morgan fingerprint density at radius 1 is 1.30 bits per heavy atom. The number of rotatable bonds is 4. The number of thioether (sulfide) groups is 1. The summed E-state index contributed by atoms with van der Waals surface area (Å²) in [5, 5.41) is 0. The van der Waals surface area contributed by atoms with Crippen molar-refractivity contribution in [2.45, 2.75) is 31.7 Å². The molecule has 106 valence electrons. The molecule has 0 unspecified atom stereocenters. The monoisotopic (exact) mass is 287 g/mol. The SMILES string of the molecule is CSCC(=O)N(CC#Cc1ccccc1)C1CCCC1. The zero-order valence-electron chi connectivity index (χ0n) is 12.0. The molecule has 0 atom stereocenters. The van der Waals surface area contributed by atoms with E-state index in [0.717, 1.165) is 18.4 Å². The van der Waals surface area contributed by atoms with Crippen molar-refractivity contribution in [2.75, 3.05) is 18.6 Å². The molecule has 0 N–H and O–H groups in total. The summed E-state index contributed by atoms with van der Waals surface area (Å²) in [5.74, 6) is 7.10. The highest BCUT2D eigenvalue weighted by Crippen LogP contribution is 2.23. The van der Waals surface area contributed by atoms with Crippen LogP contribution in [0.15, 0.2) is 30.3 Å². The molecule has 0 radical (unpaired) electrons. The van der Waals surface area contributed by atoms with Gasteiger partial charge in [-0.2, -0.15) is 11.8 Å². The maximum Gasteiger partial charge on any atom is 0.233 e. The summed E-state index contributed by atoms with van der Waals surface area (Å²) in [6.45, 7) is 0.555. The van der Waals surface area contributed by atoms with Crippen LogP contribution in [0.5, 0.6) is 0 Å². The second kappa shape index (κ2) is 8.01. The van der Waals surface area contributed by atoms with Crippen LogP contribution < -0.4 is 0 Å². The van der Waals surface area contributed by atoms with Crippen LogP contribution in [0.3, 0.4) is 0 Å². The van der Waals surface area contributed by atoms with Gasteiger partial charge in [0.25, 0.3) is 0 Å². The van der Waals surface area contributed by atoms with Gasteiger partial charge in [0.2, 0.25) is 5.91 Å². The minimum absolute atomic E-state index is 0.228. The van der Waals surface area contributed by atoms with Crippen molar-refractivity contribution in [1.82, 2.24) is 4.90 Å². The van der Waals surface area contributed by atoms with E-state index in [-0.39, 0.29) is 5.91 Å². The standard InChI is InChI=1S/C17H21NOS/c1-20-14-17(19)18(16-11-5-6-12-16)13-7-10-15-8-3-2-4-9-15/h2-4,8-9,16H,5-6,11-14H2,1H3. The zero-order valence-corrected chi connectivity index (χ0v) is 12.8. The summed E-state index contributed by atoms with van der Waals surface area (Å²) in [6, 6.07) is 10.3. The normalized spacial score (nSPS) is 14.7. The van der Waals surface area contributed by atoms with Crippen LogP contribution in [0.1, 0.15) is 31.2 Å². The number of nitrogens with zero attached hydrogens (tertiary/aromatic N) is 1. The Labute approximate surface area is 125 Å². The molecule has 20 heavy (non-hydrogen) atoms. The van der Waals surface area contributed by atoms with Crippen LogP contribution in [-0.2, 0) is 4.79 Å². The highest BCUT2D eigenvalue weighted by molar-refractivity contribution is 7.99. The maximum absolute atomic E-state index is 12.2. The summed E-state index contributed by atoms with van der Waals surface area (Å²) < 4.78 is 0. The number of hydrogen-bond donors (Lipinski definition) is 0. The minimum Gasteiger partial charge on any atom is -0.328 e. The first kappa shape index (κ1) is 15.0. The molecule has 1 amide bonds. The minimum atomic E-state index is 0.228. The number of hydrogen-bond acceptors (Lipinski definition) is 2. The molecule has 1 saturated carbocycles. The molecule has 0 aromatic heterocycles. The highest BCUT2D eigenvalue weighted by atomic mass is 32.2. The summed E-state index contributed by atoms with van der Waals surface area (Å²) >= 11 is 1.59. The van der Waals surface area contributed by atoms with Gasteiger partial charge < -0.3 is 4.90 Å². The first-order valence-electron chi connectivity index (χ1n) is 7.13. The lowest BCUT2D eigenvalue weighted by molar-refractivity contribution is -0.129. The zero-order chi connectivity index (χ0) is 14.2. The Balaban J connectivity index is 2.00. The fourth-order valence-electron chi connectivity index (χ4n) is 2.59. The first-order chi connectivity index (χ1) is 9.81. The third-order valence-electron chi connectivity index (χ3n) is 3.61. The van der Waals surface area contributed by atoms with Gasteiger partial charge in [0.15, 0.2) is 0 Å². The van der Waals surface area contributed by atoms with Gasteiger partial charge in [0.05, 0.1) is 12.3 Å². The average Bonchev–Trinajstić information content (AvgIpc) is 2.99. The van der Waals surface area contributed by atoms with Crippen LogP contribution in [0, 0.1) is 11.8 Å². The van der Waals surface area contributed by atoms with E-state index in [4.69, 9.17) is 0 Å². The second-order valence-corrected chi connectivity index (χ2v) is 5.93. The predicted octanol–water partition coefficient (Wildman–Crippen LogP) is 3.17. The van der Waals surface area contributed by atoms with Crippen molar-refractivity contribution in [3.05, 3.63) is 35.9 Å². The summed E-state index contributed by atoms with van der Waals surface area (Å²) in [5.41, 5.74) is 1.01. The quantitative estimate of drug-likeness (QED) is 0.793. The van der Waals surface area contributed by atoms with Crippen molar-refractivity contribution in [2.24, 2.45) is 0 Å². The predicted molar refractivity (Wildman–Crippen MR) is 85.7 cm³/mol. The number of carbonyl (C=O) groups is 1. The van der Waals surface area contributed by atoms with Gasteiger partial charge in [0.1, 0.15) is 0 Å². The van der Waals surface area contributed by atoms with E-state index in [1.807, 2.05) is 41.5 Å². The largest absolute Gasteiger partial charge is 0.328 e. The number of benzene rings is 1. The van der Waals surface area contributed by atoms with E-state index >= 15 is 0 Å². The van der Waals surface area contributed by atoms with Gasteiger partial charge in [-0.1, -0.05) is 42.9 Å². The van der Waals surface area contributed by atoms with Crippen LogP contribution in [0.2, 0.25) is 0 Å². The molecule has 1 aliphatic rings. The molecule has 1 fully saturated rings. The molecular formula is C17H21NOS. The van der Waals surface area contributed by atoms with Crippen molar-refractivity contribution < 1.29 is 4.79 Å². The maximum atomic E-state index is 12.2. The van der Waals surface area contributed by atoms with E-state index in [2.05, 4.69) is 11.8 Å². The first-order valence-corrected chi connectivity index (χ1v) is 8.53. The fraction of sp³-hybridized carbons (Fsp3) is 0.471. The molecule has 1 aromatic carbocycles. The molecule has 2 nitrogen and oxygen atoms in total. The molecule has 1 aromatic rings. The average molecular weight is 287 g/mol. The Kier molecular flexibility index (Phi) is 6.01. The Morgan fingerprint density at radius 3 is 2.65 bits per heavy atom. The van der Waals surface area contributed by atoms with Gasteiger partial charge >= 0.3 is 0 Å². The van der Waals surface area contributed by atoms with Crippen molar-refractivity contribution in [3.8, 4) is 11.8 Å². The molecule has 0 aliphatic heterocycles. The lowest BCUT2D eigenvalue weighted by Crippen LogP contribution is -2.40. The van der Waals surface area contributed by atoms with Gasteiger partial charge in [-0.05, 0) is 31.2 Å². The Morgan fingerprint density at radius 2 is 2.00 bits per heavy atom. The lowest BCUT2D eigenvalue weighted by Gasteiger charge is -2.26. The molecular weight excluding hydrogens is 266 g/mol. The molecule has 0 heterocycles. The van der Waals surface area contributed by atoms with Crippen molar-refractivity contribution in [3.63, 3.8) is 0 Å². The third kappa shape index (κ3) is 4.31. The number of amides is 1. The molecule has 1 aliphatic carbocycles. The van der Waals surface area contributed by atoms with Gasteiger partial charge in [-0.3, -0.25) is 4.79 Å². The van der Waals surface area contributed by atoms with Crippen LogP contribution in [0.25, 0.3) is 0 Å². The summed E-state index contributed by atoms with van der Waals surface area (Å²) in [7, 11) is 0. The fourth-order valence-corrected chi connectivity index (χ4v) is 3.00. The smallest absolute Gasteiger partial charge is 0.233 e. The van der Waals surface area contributed by atoms with E-state index < -0.39 is 0 Å². The number of carbonyl (C=O) groups excluding carboxylic acids is 1. The van der Waals surface area contributed by atoms with Crippen LogP contribution in [-0.4, -0.2) is 35.4 Å². The topological polar surface area (TPSA) is 20.3 Å². The van der Waals surface area contributed by atoms with E-state index in [1.165, 1.54) is 12.8 Å². The molecule has 0 spiro atoms. The highest BCUT2D eigenvalue weighted by Gasteiger charge is 2.25. The molecule has 0 saturated heterocycles. The summed E-state index contributed by atoms with van der Waals surface area (Å²) in [6.07, 6.45) is 6.71. The second-order valence-electron chi connectivity index (χ2n) is 5.06. The lowest BCUT2D eigenvalue weighted by atomic mass is 10.2. The Hall–Kier alpha value is -1.40. The molecule has 2 rings (SSSR count). The van der Waals surface area contributed by atoms with E-state index in [1.54, 1.807) is 11.8 Å². The summed E-state index contributed by atoms with van der Waals surface area (Å²) in [4.78, 5) is 14.2. The molecule has 3 heteroatoms. The van der Waals surface area contributed by atoms with E-state index in [0.29, 0.717) is 18.3 Å². The van der Waals surface area contributed by atoms with Crippen molar-refractivity contribution in [1.29, 1.82) is 0 Å². The van der Waals surface area contributed by atoms with E-state index in [9.17, 15) is 4.79 Å². The molecule has 0 bridgehead atoms. The van der Waals surface area contributed by atoms with Crippen molar-refractivity contribution >= 4 is 17.7 Å². The van der Waals surface area contributed by atoms with Gasteiger partial charge in [-0.15, -0.1) is 0 Å². The third-order valence-corrected chi connectivity index (χ3v) is 4.15. The van der Waals surface area contributed by atoms with Crippen LogP contribution >= 0.6 is 11.8 Å². The van der Waals surface area contributed by atoms with Gasteiger partial charge in [0, 0.05) is 11.6 Å². The van der Waals surface area contributed by atoms with Gasteiger partial charge in [-0.25, -0.2) is 0 Å².